The quantitative estimate of drug-likeness (QED) is 0.894. The molecule has 1 heterocycles. The lowest BCUT2D eigenvalue weighted by Crippen LogP contribution is -2.41. The molecule has 3 atom stereocenters. The molecule has 3 unspecified atom stereocenters. The molecular weight excluding hydrogens is 304 g/mol. The Morgan fingerprint density at radius 1 is 1.47 bits per heavy atom. The third-order valence-corrected chi connectivity index (χ3v) is 4.70. The van der Waals surface area contributed by atoms with E-state index in [-0.39, 0.29) is 12.1 Å². The van der Waals surface area contributed by atoms with Gasteiger partial charge in [0.05, 0.1) is 11.6 Å². The summed E-state index contributed by atoms with van der Waals surface area (Å²) in [6.07, 6.45) is 1.73. The van der Waals surface area contributed by atoms with Gasteiger partial charge in [-0.05, 0) is 31.4 Å². The van der Waals surface area contributed by atoms with Gasteiger partial charge >= 0.3 is 0 Å². The first-order valence-corrected chi connectivity index (χ1v) is 7.70. The van der Waals surface area contributed by atoms with Crippen molar-refractivity contribution in [3.8, 4) is 0 Å². The number of rotatable bonds is 4. The van der Waals surface area contributed by atoms with Gasteiger partial charge in [-0.15, -0.1) is 0 Å². The zero-order valence-corrected chi connectivity index (χ0v) is 13.2. The molecule has 3 nitrogen and oxygen atoms in total. The fourth-order valence-electron chi connectivity index (χ4n) is 2.85. The molecule has 1 aliphatic rings. The molecule has 1 aromatic rings. The zero-order valence-electron chi connectivity index (χ0n) is 11.6. The second-order valence-electron chi connectivity index (χ2n) is 5.76. The molecule has 1 fully saturated rings. The normalized spacial score (nSPS) is 27.4. The van der Waals surface area contributed by atoms with Crippen LogP contribution in [0.15, 0.2) is 28.7 Å². The molecule has 0 radical (unpaired) electrons. The zero-order chi connectivity index (χ0) is 14.0. The van der Waals surface area contributed by atoms with Crippen molar-refractivity contribution in [1.29, 1.82) is 0 Å². The van der Waals surface area contributed by atoms with Gasteiger partial charge in [-0.25, -0.2) is 0 Å². The Hall–Kier alpha value is -0.420. The highest BCUT2D eigenvalue weighted by atomic mass is 79.9. The van der Waals surface area contributed by atoms with Crippen LogP contribution in [0.5, 0.6) is 0 Å². The highest BCUT2D eigenvalue weighted by Gasteiger charge is 2.37. The maximum absolute atomic E-state index is 10.2. The summed E-state index contributed by atoms with van der Waals surface area (Å²) in [5.74, 6) is 0. The van der Waals surface area contributed by atoms with Gasteiger partial charge in [0.25, 0.3) is 0 Å². The van der Waals surface area contributed by atoms with Gasteiger partial charge in [-0.3, -0.25) is 4.90 Å². The van der Waals surface area contributed by atoms with Gasteiger partial charge < -0.3 is 10.8 Å². The van der Waals surface area contributed by atoms with Crippen LogP contribution in [0.4, 0.5) is 0 Å². The lowest BCUT2D eigenvalue weighted by Gasteiger charge is -2.33. The van der Waals surface area contributed by atoms with E-state index in [1.54, 1.807) is 0 Å². The molecule has 0 amide bonds. The van der Waals surface area contributed by atoms with Crippen LogP contribution in [0, 0.1) is 0 Å². The van der Waals surface area contributed by atoms with Crippen LogP contribution < -0.4 is 5.73 Å². The maximum Gasteiger partial charge on any atom is 0.0758 e. The molecule has 1 saturated heterocycles. The summed E-state index contributed by atoms with van der Waals surface area (Å²) in [5.41, 5.74) is 6.97. The van der Waals surface area contributed by atoms with E-state index in [4.69, 9.17) is 5.73 Å². The number of halogens is 1. The Morgan fingerprint density at radius 2 is 2.16 bits per heavy atom. The van der Waals surface area contributed by atoms with E-state index < -0.39 is 5.60 Å². The van der Waals surface area contributed by atoms with Crippen LogP contribution >= 0.6 is 15.9 Å². The summed E-state index contributed by atoms with van der Waals surface area (Å²) in [4.78, 5) is 2.31. The molecule has 1 aromatic carbocycles. The highest BCUT2D eigenvalue weighted by molar-refractivity contribution is 9.10. The van der Waals surface area contributed by atoms with Crippen molar-refractivity contribution in [2.24, 2.45) is 5.73 Å². The summed E-state index contributed by atoms with van der Waals surface area (Å²) in [6, 6.07) is 8.48. The molecule has 0 aromatic heterocycles. The lowest BCUT2D eigenvalue weighted by atomic mass is 9.96. The summed E-state index contributed by atoms with van der Waals surface area (Å²) in [7, 11) is 0. The Kier molecular flexibility index (Phi) is 4.66. The molecule has 1 aliphatic heterocycles. The van der Waals surface area contributed by atoms with Crippen molar-refractivity contribution < 1.29 is 5.11 Å². The third kappa shape index (κ3) is 3.37. The van der Waals surface area contributed by atoms with Crippen LogP contribution in [-0.2, 0) is 0 Å². The topological polar surface area (TPSA) is 49.5 Å². The number of hydrogen-bond acceptors (Lipinski definition) is 3. The first kappa shape index (κ1) is 15.0. The molecule has 19 heavy (non-hydrogen) atoms. The first-order valence-electron chi connectivity index (χ1n) is 6.91. The largest absolute Gasteiger partial charge is 0.389 e. The molecule has 0 spiro atoms. The van der Waals surface area contributed by atoms with E-state index in [2.05, 4.69) is 39.9 Å². The second kappa shape index (κ2) is 5.92. The average Bonchev–Trinajstić information content (AvgIpc) is 2.72. The van der Waals surface area contributed by atoms with Gasteiger partial charge in [0.2, 0.25) is 0 Å². The van der Waals surface area contributed by atoms with Crippen molar-refractivity contribution in [2.75, 3.05) is 13.1 Å². The van der Waals surface area contributed by atoms with Crippen LogP contribution in [0.1, 0.15) is 38.3 Å². The number of nitrogens with zero attached hydrogens (tertiary/aromatic N) is 1. The minimum Gasteiger partial charge on any atom is -0.389 e. The fraction of sp³-hybridized carbons (Fsp3) is 0.600. The summed E-state index contributed by atoms with van der Waals surface area (Å²) < 4.78 is 1.09. The predicted molar refractivity (Wildman–Crippen MR) is 82.0 cm³/mol. The van der Waals surface area contributed by atoms with E-state index in [0.717, 1.165) is 23.9 Å². The number of nitrogens with two attached hydrogens (primary N) is 1. The van der Waals surface area contributed by atoms with Gasteiger partial charge in [0, 0.05) is 23.6 Å². The van der Waals surface area contributed by atoms with Crippen molar-refractivity contribution in [1.82, 2.24) is 4.90 Å². The predicted octanol–water partition coefficient (Wildman–Crippen LogP) is 2.68. The van der Waals surface area contributed by atoms with E-state index in [1.165, 1.54) is 5.56 Å². The van der Waals surface area contributed by atoms with Crippen molar-refractivity contribution >= 4 is 15.9 Å². The van der Waals surface area contributed by atoms with Crippen LogP contribution in [0.25, 0.3) is 0 Å². The molecule has 4 heteroatoms. The molecular formula is C15H23BrN2O. The van der Waals surface area contributed by atoms with Crippen molar-refractivity contribution in [3.05, 3.63) is 34.3 Å². The third-order valence-electron chi connectivity index (χ3n) is 3.98. The summed E-state index contributed by atoms with van der Waals surface area (Å²) >= 11 is 3.63. The molecule has 106 valence electrons. The molecule has 0 saturated carbocycles. The van der Waals surface area contributed by atoms with Gasteiger partial charge in [0.15, 0.2) is 0 Å². The highest BCUT2D eigenvalue weighted by Crippen LogP contribution is 2.35. The van der Waals surface area contributed by atoms with Crippen molar-refractivity contribution in [3.63, 3.8) is 0 Å². The number of hydrogen-bond donors (Lipinski definition) is 2. The molecule has 0 aliphatic carbocycles. The smallest absolute Gasteiger partial charge is 0.0758 e. The minimum atomic E-state index is -0.590. The number of benzene rings is 1. The Balaban J connectivity index is 2.30. The Bertz CT molecular complexity index is 436. The number of likely N-dealkylation sites (tertiary alicyclic amines) is 1. The fourth-order valence-corrected chi connectivity index (χ4v) is 3.37. The standard InChI is InChI=1S/C15H23BrN2O/c1-3-13(17)14(11-6-4-5-7-12(11)16)18-9-8-15(2,19)10-18/h4-7,13-14,19H,3,8-10,17H2,1-2H3. The first-order chi connectivity index (χ1) is 8.94. The molecule has 0 bridgehead atoms. The minimum absolute atomic E-state index is 0.0765. The SMILES string of the molecule is CCC(N)C(c1ccccc1Br)N1CCC(C)(O)C1. The van der Waals surface area contributed by atoms with Gasteiger partial charge in [-0.1, -0.05) is 41.1 Å². The van der Waals surface area contributed by atoms with E-state index in [9.17, 15) is 5.11 Å². The van der Waals surface area contributed by atoms with E-state index >= 15 is 0 Å². The summed E-state index contributed by atoms with van der Waals surface area (Å²) in [5, 5.41) is 10.2. The maximum atomic E-state index is 10.2. The van der Waals surface area contributed by atoms with E-state index in [0.29, 0.717) is 6.54 Å². The average molecular weight is 327 g/mol. The monoisotopic (exact) mass is 326 g/mol. The summed E-state index contributed by atoms with van der Waals surface area (Å²) in [6.45, 7) is 5.60. The van der Waals surface area contributed by atoms with Gasteiger partial charge in [-0.2, -0.15) is 0 Å². The van der Waals surface area contributed by atoms with Crippen LogP contribution in [0.3, 0.4) is 0 Å². The Labute approximate surface area is 123 Å². The second-order valence-corrected chi connectivity index (χ2v) is 6.61. The van der Waals surface area contributed by atoms with Gasteiger partial charge in [0.1, 0.15) is 0 Å². The molecule has 3 N–H and O–H groups in total. The van der Waals surface area contributed by atoms with Crippen LogP contribution in [-0.4, -0.2) is 34.7 Å². The Morgan fingerprint density at radius 3 is 2.68 bits per heavy atom. The lowest BCUT2D eigenvalue weighted by molar-refractivity contribution is 0.0593. The number of β-amino-alcohol motifs (C(OH)–C–C–N with tert-alkyl or cyclic N) is 1. The van der Waals surface area contributed by atoms with Crippen LogP contribution in [0.2, 0.25) is 0 Å². The van der Waals surface area contributed by atoms with Crippen molar-refractivity contribution in [2.45, 2.75) is 44.4 Å². The van der Waals surface area contributed by atoms with E-state index in [1.807, 2.05) is 19.1 Å². The number of aliphatic hydroxyl groups is 1. The molecule has 2 rings (SSSR count).